The lowest BCUT2D eigenvalue weighted by atomic mass is 9.92. The van der Waals surface area contributed by atoms with Crippen LogP contribution in [0.25, 0.3) is 10.8 Å². The van der Waals surface area contributed by atoms with Crippen LogP contribution >= 0.6 is 0 Å². The Balaban J connectivity index is 2.43. The number of nitrogens with one attached hydrogen (secondary N) is 1. The lowest BCUT2D eigenvalue weighted by molar-refractivity contribution is 0.0897. The number of fused-ring (bicyclic) bond motifs is 1. The number of amides is 1. The maximum Gasteiger partial charge on any atom is 0.252 e. The van der Waals surface area contributed by atoms with E-state index in [9.17, 15) is 9.18 Å². The highest BCUT2D eigenvalue weighted by atomic mass is 19.1. The first-order valence-electron chi connectivity index (χ1n) is 7.26. The van der Waals surface area contributed by atoms with Gasteiger partial charge in [0.15, 0.2) is 0 Å². The Labute approximate surface area is 124 Å². The van der Waals surface area contributed by atoms with E-state index in [0.29, 0.717) is 22.9 Å². The van der Waals surface area contributed by atoms with E-state index >= 15 is 0 Å². The molecule has 2 aromatic rings. The van der Waals surface area contributed by atoms with Gasteiger partial charge in [-0.1, -0.05) is 38.1 Å². The van der Waals surface area contributed by atoms with Crippen molar-refractivity contribution in [2.75, 3.05) is 6.54 Å². The van der Waals surface area contributed by atoms with Crippen molar-refractivity contribution in [3.63, 3.8) is 0 Å². The molecule has 0 unspecified atom stereocenters. The number of nitrogens with two attached hydrogens (primary N) is 1. The average molecular weight is 288 g/mol. The molecule has 0 heterocycles. The van der Waals surface area contributed by atoms with Gasteiger partial charge in [-0.15, -0.1) is 0 Å². The Bertz CT molecular complexity index is 642. The van der Waals surface area contributed by atoms with Crippen molar-refractivity contribution in [1.82, 2.24) is 5.32 Å². The van der Waals surface area contributed by atoms with E-state index in [4.69, 9.17) is 5.73 Å². The predicted molar refractivity (Wildman–Crippen MR) is 83.7 cm³/mol. The number of hydrogen-bond acceptors (Lipinski definition) is 2. The number of hydrogen-bond donors (Lipinski definition) is 2. The maximum atomic E-state index is 13.8. The van der Waals surface area contributed by atoms with Crippen molar-refractivity contribution in [3.05, 3.63) is 47.8 Å². The fraction of sp³-hybridized carbons (Fsp3) is 0.353. The normalized spacial score (nSPS) is 11.6. The molecule has 3 nitrogen and oxygen atoms in total. The Morgan fingerprint density at radius 1 is 1.14 bits per heavy atom. The molecule has 0 saturated carbocycles. The SMILES string of the molecule is CCC(CC)(CN)NC(=O)c1ccc(F)c2ccccc12. The van der Waals surface area contributed by atoms with Crippen LogP contribution in [0.15, 0.2) is 36.4 Å². The van der Waals surface area contributed by atoms with Crippen LogP contribution < -0.4 is 11.1 Å². The minimum absolute atomic E-state index is 0.208. The zero-order valence-corrected chi connectivity index (χ0v) is 12.4. The van der Waals surface area contributed by atoms with Crippen LogP contribution in [0.5, 0.6) is 0 Å². The third kappa shape index (κ3) is 2.90. The third-order valence-corrected chi connectivity index (χ3v) is 4.24. The van der Waals surface area contributed by atoms with E-state index in [1.807, 2.05) is 13.8 Å². The zero-order chi connectivity index (χ0) is 15.5. The van der Waals surface area contributed by atoms with E-state index in [1.165, 1.54) is 12.1 Å². The summed E-state index contributed by atoms with van der Waals surface area (Å²) in [7, 11) is 0. The second kappa shape index (κ2) is 6.22. The second-order valence-corrected chi connectivity index (χ2v) is 5.29. The van der Waals surface area contributed by atoms with E-state index in [-0.39, 0.29) is 11.7 Å². The maximum absolute atomic E-state index is 13.8. The highest BCUT2D eigenvalue weighted by molar-refractivity contribution is 6.07. The molecule has 0 aliphatic heterocycles. The topological polar surface area (TPSA) is 55.1 Å². The van der Waals surface area contributed by atoms with Gasteiger partial charge < -0.3 is 11.1 Å². The van der Waals surface area contributed by atoms with Gasteiger partial charge in [0.1, 0.15) is 5.82 Å². The van der Waals surface area contributed by atoms with E-state index < -0.39 is 5.54 Å². The highest BCUT2D eigenvalue weighted by Gasteiger charge is 2.27. The van der Waals surface area contributed by atoms with Gasteiger partial charge in [-0.05, 0) is 30.4 Å². The van der Waals surface area contributed by atoms with Crippen LogP contribution in [0.3, 0.4) is 0 Å². The molecule has 0 fully saturated rings. The lowest BCUT2D eigenvalue weighted by Gasteiger charge is -2.31. The fourth-order valence-electron chi connectivity index (χ4n) is 2.53. The summed E-state index contributed by atoms with van der Waals surface area (Å²) in [5.74, 6) is -0.529. The molecule has 4 heteroatoms. The van der Waals surface area contributed by atoms with Gasteiger partial charge in [-0.25, -0.2) is 4.39 Å². The molecule has 0 saturated heterocycles. The molecule has 1 amide bonds. The Hall–Kier alpha value is -1.94. The summed E-state index contributed by atoms with van der Waals surface area (Å²) in [6, 6.07) is 9.86. The lowest BCUT2D eigenvalue weighted by Crippen LogP contribution is -2.52. The minimum atomic E-state index is -0.410. The molecule has 2 aromatic carbocycles. The molecule has 0 aliphatic carbocycles. The molecule has 0 atom stereocenters. The zero-order valence-electron chi connectivity index (χ0n) is 12.4. The van der Waals surface area contributed by atoms with Crippen LogP contribution in [-0.4, -0.2) is 18.0 Å². The largest absolute Gasteiger partial charge is 0.345 e. The molecule has 0 aliphatic rings. The number of halogens is 1. The summed E-state index contributed by atoms with van der Waals surface area (Å²) >= 11 is 0. The number of rotatable bonds is 5. The van der Waals surface area contributed by atoms with E-state index in [0.717, 1.165) is 12.8 Å². The van der Waals surface area contributed by atoms with E-state index in [1.54, 1.807) is 24.3 Å². The first-order chi connectivity index (χ1) is 10.1. The van der Waals surface area contributed by atoms with Crippen LogP contribution in [0, 0.1) is 5.82 Å². The first-order valence-corrected chi connectivity index (χ1v) is 7.26. The molecule has 3 N–H and O–H groups in total. The van der Waals surface area contributed by atoms with Gasteiger partial charge in [0.2, 0.25) is 0 Å². The van der Waals surface area contributed by atoms with E-state index in [2.05, 4.69) is 5.32 Å². The van der Waals surface area contributed by atoms with Crippen LogP contribution in [-0.2, 0) is 0 Å². The number of benzene rings is 2. The molecule has 21 heavy (non-hydrogen) atoms. The van der Waals surface area contributed by atoms with Gasteiger partial charge in [-0.2, -0.15) is 0 Å². The fourth-order valence-corrected chi connectivity index (χ4v) is 2.53. The summed E-state index contributed by atoms with van der Waals surface area (Å²) < 4.78 is 13.8. The summed E-state index contributed by atoms with van der Waals surface area (Å²) in [4.78, 5) is 12.6. The molecular weight excluding hydrogens is 267 g/mol. The Morgan fingerprint density at radius 3 is 2.33 bits per heavy atom. The Morgan fingerprint density at radius 2 is 1.76 bits per heavy atom. The van der Waals surface area contributed by atoms with Crippen molar-refractivity contribution in [1.29, 1.82) is 0 Å². The number of carbonyl (C=O) groups excluding carboxylic acids is 1. The van der Waals surface area contributed by atoms with Crippen LogP contribution in [0.4, 0.5) is 4.39 Å². The molecule has 2 rings (SSSR count). The predicted octanol–water partition coefficient (Wildman–Crippen LogP) is 3.23. The summed E-state index contributed by atoms with van der Waals surface area (Å²) in [6.45, 7) is 4.38. The highest BCUT2D eigenvalue weighted by Crippen LogP contribution is 2.23. The van der Waals surface area contributed by atoms with Gasteiger partial charge in [0.05, 0.1) is 5.54 Å². The molecule has 0 spiro atoms. The van der Waals surface area contributed by atoms with Crippen molar-refractivity contribution >= 4 is 16.7 Å². The molecular formula is C17H21FN2O. The molecule has 0 radical (unpaired) electrons. The standard InChI is InChI=1S/C17H21FN2O/c1-3-17(4-2,11-19)20-16(21)14-9-10-15(18)13-8-6-5-7-12(13)14/h5-10H,3-4,11,19H2,1-2H3,(H,20,21). The monoisotopic (exact) mass is 288 g/mol. The first kappa shape index (κ1) is 15.4. The van der Waals surface area contributed by atoms with Gasteiger partial charge in [-0.3, -0.25) is 4.79 Å². The van der Waals surface area contributed by atoms with Crippen molar-refractivity contribution < 1.29 is 9.18 Å². The average Bonchev–Trinajstić information content (AvgIpc) is 2.53. The van der Waals surface area contributed by atoms with Crippen molar-refractivity contribution in [2.24, 2.45) is 5.73 Å². The molecule has 0 aromatic heterocycles. The summed E-state index contributed by atoms with van der Waals surface area (Å²) in [6.07, 6.45) is 1.51. The van der Waals surface area contributed by atoms with Gasteiger partial charge in [0, 0.05) is 17.5 Å². The summed E-state index contributed by atoms with van der Waals surface area (Å²) in [5, 5.41) is 4.09. The van der Waals surface area contributed by atoms with Crippen molar-refractivity contribution in [3.8, 4) is 0 Å². The van der Waals surface area contributed by atoms with Gasteiger partial charge >= 0.3 is 0 Å². The quantitative estimate of drug-likeness (QED) is 0.887. The smallest absolute Gasteiger partial charge is 0.252 e. The van der Waals surface area contributed by atoms with Crippen molar-refractivity contribution in [2.45, 2.75) is 32.2 Å². The van der Waals surface area contributed by atoms with Gasteiger partial charge in [0.25, 0.3) is 5.91 Å². The minimum Gasteiger partial charge on any atom is -0.345 e. The molecule has 0 bridgehead atoms. The Kier molecular flexibility index (Phi) is 4.58. The molecule has 112 valence electrons. The summed E-state index contributed by atoms with van der Waals surface area (Å²) in [5.41, 5.74) is 5.89. The van der Waals surface area contributed by atoms with Crippen LogP contribution in [0.2, 0.25) is 0 Å². The number of carbonyl (C=O) groups is 1. The van der Waals surface area contributed by atoms with Crippen LogP contribution in [0.1, 0.15) is 37.0 Å². The third-order valence-electron chi connectivity index (χ3n) is 4.24. The second-order valence-electron chi connectivity index (χ2n) is 5.29.